The van der Waals surface area contributed by atoms with E-state index >= 15 is 0 Å². The third-order valence-electron chi connectivity index (χ3n) is 3.26. The lowest BCUT2D eigenvalue weighted by molar-refractivity contribution is 0.00935. The summed E-state index contributed by atoms with van der Waals surface area (Å²) in [6.45, 7) is 2.18. The fraction of sp³-hybridized carbons (Fsp3) is 0.583. The lowest BCUT2D eigenvalue weighted by Crippen LogP contribution is -2.48. The predicted octanol–water partition coefficient (Wildman–Crippen LogP) is 0.659. The van der Waals surface area contributed by atoms with Gasteiger partial charge in [-0.25, -0.2) is 13.4 Å². The number of aromatic nitrogens is 1. The Bertz CT molecular complexity index is 557. The smallest absolute Gasteiger partial charge is 0.262 e. The van der Waals surface area contributed by atoms with Crippen LogP contribution < -0.4 is 5.32 Å². The van der Waals surface area contributed by atoms with Gasteiger partial charge in [0, 0.05) is 26.3 Å². The van der Waals surface area contributed by atoms with E-state index in [9.17, 15) is 13.5 Å². The maximum absolute atomic E-state index is 12.6. The zero-order valence-corrected chi connectivity index (χ0v) is 11.9. The van der Waals surface area contributed by atoms with Crippen molar-refractivity contribution in [2.45, 2.75) is 30.4 Å². The van der Waals surface area contributed by atoms with Crippen molar-refractivity contribution in [2.24, 2.45) is 0 Å². The van der Waals surface area contributed by atoms with E-state index in [1.165, 1.54) is 10.5 Å². The molecule has 2 N–H and O–H groups in total. The predicted molar refractivity (Wildman–Crippen MR) is 72.4 cm³/mol. The van der Waals surface area contributed by atoms with Crippen LogP contribution >= 0.6 is 0 Å². The number of anilines is 1. The van der Waals surface area contributed by atoms with Gasteiger partial charge in [-0.3, -0.25) is 0 Å². The van der Waals surface area contributed by atoms with Gasteiger partial charge >= 0.3 is 0 Å². The van der Waals surface area contributed by atoms with E-state index in [1.807, 2.05) is 0 Å². The van der Waals surface area contributed by atoms with Gasteiger partial charge in [0.05, 0.1) is 11.3 Å². The number of aliphatic hydroxyl groups is 1. The Morgan fingerprint density at radius 1 is 1.53 bits per heavy atom. The van der Waals surface area contributed by atoms with Crippen LogP contribution in [0.3, 0.4) is 0 Å². The minimum Gasteiger partial charge on any atom is -0.389 e. The highest BCUT2D eigenvalue weighted by Crippen LogP contribution is 2.28. The van der Waals surface area contributed by atoms with Crippen LogP contribution in [0.25, 0.3) is 0 Å². The number of sulfonamides is 1. The summed E-state index contributed by atoms with van der Waals surface area (Å²) >= 11 is 0. The summed E-state index contributed by atoms with van der Waals surface area (Å²) in [5.74, 6) is 0. The first-order valence-corrected chi connectivity index (χ1v) is 7.66. The molecule has 1 aliphatic heterocycles. The summed E-state index contributed by atoms with van der Waals surface area (Å²) < 4.78 is 26.4. The Morgan fingerprint density at radius 2 is 2.26 bits per heavy atom. The number of hydrogen-bond acceptors (Lipinski definition) is 5. The molecule has 0 spiro atoms. The molecule has 7 heteroatoms. The van der Waals surface area contributed by atoms with Crippen molar-refractivity contribution in [1.29, 1.82) is 0 Å². The molecule has 0 bridgehead atoms. The number of β-amino-alcohol motifs (C(OH)–C–C–N with tert-alkyl or cyclic N) is 1. The van der Waals surface area contributed by atoms with Crippen LogP contribution in [0.5, 0.6) is 0 Å². The van der Waals surface area contributed by atoms with Crippen molar-refractivity contribution in [1.82, 2.24) is 9.29 Å². The number of nitrogens with one attached hydrogen (secondary N) is 1. The van der Waals surface area contributed by atoms with Gasteiger partial charge in [0.15, 0.2) is 5.03 Å². The van der Waals surface area contributed by atoms with Crippen LogP contribution in [0.4, 0.5) is 5.69 Å². The average molecular weight is 285 g/mol. The quantitative estimate of drug-likeness (QED) is 0.852. The summed E-state index contributed by atoms with van der Waals surface area (Å²) in [7, 11) is -2.02. The monoisotopic (exact) mass is 285 g/mol. The normalized spacial score (nSPS) is 25.2. The lowest BCUT2D eigenvalue weighted by atomic mass is 9.97. The number of nitrogens with zero attached hydrogens (tertiary/aromatic N) is 2. The van der Waals surface area contributed by atoms with Crippen LogP contribution in [-0.2, 0) is 10.0 Å². The van der Waals surface area contributed by atoms with Crippen molar-refractivity contribution >= 4 is 15.7 Å². The minimum absolute atomic E-state index is 0.00944. The maximum Gasteiger partial charge on any atom is 0.262 e. The molecule has 0 saturated carbocycles. The molecule has 6 nitrogen and oxygen atoms in total. The Morgan fingerprint density at radius 3 is 2.89 bits per heavy atom. The Labute approximate surface area is 113 Å². The summed E-state index contributed by atoms with van der Waals surface area (Å²) in [5, 5.41) is 12.9. The van der Waals surface area contributed by atoms with E-state index < -0.39 is 15.6 Å². The number of pyridine rings is 1. The minimum atomic E-state index is -3.68. The number of piperidine rings is 1. The highest BCUT2D eigenvalue weighted by atomic mass is 32.2. The highest BCUT2D eigenvalue weighted by molar-refractivity contribution is 7.89. The van der Waals surface area contributed by atoms with Gasteiger partial charge in [0.1, 0.15) is 0 Å². The fourth-order valence-electron chi connectivity index (χ4n) is 2.29. The molecule has 1 atom stereocenters. The fourth-order valence-corrected chi connectivity index (χ4v) is 3.99. The number of hydrogen-bond donors (Lipinski definition) is 2. The largest absolute Gasteiger partial charge is 0.389 e. The molecule has 0 aliphatic carbocycles. The van der Waals surface area contributed by atoms with E-state index in [4.69, 9.17) is 0 Å². The van der Waals surface area contributed by atoms with E-state index in [-0.39, 0.29) is 11.6 Å². The van der Waals surface area contributed by atoms with Crippen molar-refractivity contribution in [2.75, 3.05) is 25.5 Å². The van der Waals surface area contributed by atoms with E-state index in [2.05, 4.69) is 10.3 Å². The van der Waals surface area contributed by atoms with E-state index in [0.717, 1.165) is 0 Å². The molecule has 1 aromatic heterocycles. The van der Waals surface area contributed by atoms with E-state index in [1.54, 1.807) is 26.1 Å². The molecule has 19 heavy (non-hydrogen) atoms. The second-order valence-corrected chi connectivity index (χ2v) is 6.90. The summed E-state index contributed by atoms with van der Waals surface area (Å²) in [6, 6.07) is 3.35. The molecule has 0 aromatic carbocycles. The second kappa shape index (κ2) is 5.07. The first-order chi connectivity index (χ1) is 8.87. The number of rotatable bonds is 3. The molecule has 1 fully saturated rings. The van der Waals surface area contributed by atoms with E-state index in [0.29, 0.717) is 25.1 Å². The molecule has 2 heterocycles. The zero-order valence-electron chi connectivity index (χ0n) is 11.1. The van der Waals surface area contributed by atoms with Gasteiger partial charge in [0.25, 0.3) is 10.0 Å². The van der Waals surface area contributed by atoms with Gasteiger partial charge in [-0.05, 0) is 31.9 Å². The molecule has 1 aliphatic rings. The molecule has 1 unspecified atom stereocenters. The Kier molecular flexibility index (Phi) is 3.80. The van der Waals surface area contributed by atoms with Gasteiger partial charge in [-0.15, -0.1) is 0 Å². The molecule has 0 radical (unpaired) electrons. The molecule has 1 aromatic rings. The van der Waals surface area contributed by atoms with Crippen LogP contribution in [0.2, 0.25) is 0 Å². The summed E-state index contributed by atoms with van der Waals surface area (Å²) in [4.78, 5) is 3.97. The third kappa shape index (κ3) is 2.88. The third-order valence-corrected chi connectivity index (χ3v) is 5.07. The SMILES string of the molecule is CNc1cccnc1S(=O)(=O)N1CCCC(C)(O)C1. The van der Waals surface area contributed by atoms with Crippen LogP contribution in [0, 0.1) is 0 Å². The van der Waals surface area contributed by atoms with Crippen molar-refractivity contribution < 1.29 is 13.5 Å². The summed E-state index contributed by atoms with van der Waals surface area (Å²) in [6.07, 6.45) is 2.71. The van der Waals surface area contributed by atoms with Crippen LogP contribution in [0.15, 0.2) is 23.4 Å². The topological polar surface area (TPSA) is 82.5 Å². The van der Waals surface area contributed by atoms with Gasteiger partial charge in [-0.1, -0.05) is 0 Å². The Balaban J connectivity index is 2.37. The lowest BCUT2D eigenvalue weighted by Gasteiger charge is -2.35. The zero-order chi connectivity index (χ0) is 14.1. The first kappa shape index (κ1) is 14.2. The molecule has 106 valence electrons. The van der Waals surface area contributed by atoms with Crippen molar-refractivity contribution in [3.63, 3.8) is 0 Å². The van der Waals surface area contributed by atoms with Gasteiger partial charge in [0.2, 0.25) is 0 Å². The average Bonchev–Trinajstić information content (AvgIpc) is 2.37. The standard InChI is InChI=1S/C12H19N3O3S/c1-12(16)6-4-8-15(9-12)19(17,18)11-10(13-2)5-3-7-14-11/h3,5,7,13,16H,4,6,8-9H2,1-2H3. The van der Waals surface area contributed by atoms with Crippen LogP contribution in [-0.4, -0.2) is 48.6 Å². The molecular formula is C12H19N3O3S. The van der Waals surface area contributed by atoms with Gasteiger partial charge in [-0.2, -0.15) is 4.31 Å². The van der Waals surface area contributed by atoms with Crippen molar-refractivity contribution in [3.8, 4) is 0 Å². The molecule has 2 rings (SSSR count). The molecular weight excluding hydrogens is 266 g/mol. The van der Waals surface area contributed by atoms with Gasteiger partial charge < -0.3 is 10.4 Å². The maximum atomic E-state index is 12.6. The first-order valence-electron chi connectivity index (χ1n) is 6.22. The highest BCUT2D eigenvalue weighted by Gasteiger charge is 2.37. The molecule has 0 amide bonds. The van der Waals surface area contributed by atoms with Crippen LogP contribution in [0.1, 0.15) is 19.8 Å². The second-order valence-electron chi connectivity index (χ2n) is 5.05. The van der Waals surface area contributed by atoms with Crippen molar-refractivity contribution in [3.05, 3.63) is 18.3 Å². The summed E-state index contributed by atoms with van der Waals surface area (Å²) in [5.41, 5.74) is -0.507. The Hall–Kier alpha value is -1.18. The molecule has 1 saturated heterocycles.